The fourth-order valence-corrected chi connectivity index (χ4v) is 6.99. The Balaban J connectivity index is 1.25. The predicted octanol–water partition coefficient (Wildman–Crippen LogP) is 10.5. The predicted molar refractivity (Wildman–Crippen MR) is 188 cm³/mol. The second-order valence-electron chi connectivity index (χ2n) is 12.5. The lowest BCUT2D eigenvalue weighted by Gasteiger charge is -2.26. The minimum atomic E-state index is -0.0721. The highest BCUT2D eigenvalue weighted by Gasteiger charge is 2.37. The Morgan fingerprint density at radius 2 is 1.04 bits per heavy atom. The number of amidine groups is 1. The molecule has 0 radical (unpaired) electrons. The quantitative estimate of drug-likeness (QED) is 0.216. The largest absolute Gasteiger partial charge is 0.359 e. The van der Waals surface area contributed by atoms with Crippen LogP contribution in [0.4, 0.5) is 0 Å². The van der Waals surface area contributed by atoms with Crippen molar-refractivity contribution in [1.29, 1.82) is 0 Å². The maximum atomic E-state index is 5.36. The van der Waals surface area contributed by atoms with Crippen molar-refractivity contribution in [2.45, 2.75) is 25.3 Å². The number of nitrogens with zero attached hydrogens (tertiary/aromatic N) is 1. The molecular formula is C43H34N2. The van der Waals surface area contributed by atoms with Gasteiger partial charge < -0.3 is 5.32 Å². The minimum absolute atomic E-state index is 0.0146. The van der Waals surface area contributed by atoms with Gasteiger partial charge in [0.1, 0.15) is 5.84 Å². The van der Waals surface area contributed by atoms with Crippen molar-refractivity contribution in [2.75, 3.05) is 0 Å². The molecule has 0 fully saturated rings. The number of nitrogens with one attached hydrogen (secondary N) is 1. The van der Waals surface area contributed by atoms with Gasteiger partial charge in [0.05, 0.1) is 11.7 Å². The van der Waals surface area contributed by atoms with Crippen molar-refractivity contribution in [3.8, 4) is 33.4 Å². The SMILES string of the molecule is CC1(C)c2ccccc2-c2c(C3=NC(c4cccc(-c5cccc(-c6ccccc6)c5)c4)=CC(c4ccccc4)N3)cccc21. The van der Waals surface area contributed by atoms with E-state index in [1.54, 1.807) is 0 Å². The molecule has 6 aromatic rings. The number of hydrogen-bond donors (Lipinski definition) is 1. The van der Waals surface area contributed by atoms with Gasteiger partial charge in [-0.15, -0.1) is 0 Å². The van der Waals surface area contributed by atoms with Crippen LogP contribution in [0, 0.1) is 0 Å². The average molecular weight is 579 g/mol. The third kappa shape index (κ3) is 4.80. The average Bonchev–Trinajstić information content (AvgIpc) is 3.35. The second-order valence-corrected chi connectivity index (χ2v) is 12.5. The second kappa shape index (κ2) is 10.9. The van der Waals surface area contributed by atoms with Crippen LogP contribution < -0.4 is 5.32 Å². The summed E-state index contributed by atoms with van der Waals surface area (Å²) < 4.78 is 0. The first-order valence-electron chi connectivity index (χ1n) is 15.7. The summed E-state index contributed by atoms with van der Waals surface area (Å²) >= 11 is 0. The smallest absolute Gasteiger partial charge is 0.135 e. The zero-order valence-corrected chi connectivity index (χ0v) is 25.5. The Kier molecular flexibility index (Phi) is 6.57. The van der Waals surface area contributed by atoms with Crippen molar-refractivity contribution in [1.82, 2.24) is 5.32 Å². The standard InChI is InChI=1S/C43H34N2/c1-43(2)37-24-10-9-22-35(37)41-36(23-13-25-38(41)43)42-44-39(30-16-7-4-8-17-30)28-40(45-42)34-21-12-20-33(27-34)32-19-11-18-31(26-32)29-14-5-3-6-15-29/h3-28,39H,1-2H3,(H,44,45). The van der Waals surface area contributed by atoms with Crippen LogP contribution in [0.2, 0.25) is 0 Å². The Morgan fingerprint density at radius 3 is 1.80 bits per heavy atom. The first kappa shape index (κ1) is 27.1. The van der Waals surface area contributed by atoms with E-state index in [0.717, 1.165) is 22.7 Å². The van der Waals surface area contributed by atoms with E-state index in [0.29, 0.717) is 0 Å². The first-order valence-corrected chi connectivity index (χ1v) is 15.7. The molecule has 8 rings (SSSR count). The topological polar surface area (TPSA) is 24.4 Å². The van der Waals surface area contributed by atoms with E-state index in [9.17, 15) is 0 Å². The van der Waals surface area contributed by atoms with Crippen LogP contribution in [0.5, 0.6) is 0 Å². The zero-order valence-electron chi connectivity index (χ0n) is 25.5. The van der Waals surface area contributed by atoms with Crippen LogP contribution in [0.1, 0.15) is 47.7 Å². The first-order chi connectivity index (χ1) is 22.1. The lowest BCUT2D eigenvalue weighted by Crippen LogP contribution is -2.31. The van der Waals surface area contributed by atoms with Gasteiger partial charge in [-0.05, 0) is 68.3 Å². The highest BCUT2D eigenvalue weighted by molar-refractivity contribution is 6.10. The summed E-state index contributed by atoms with van der Waals surface area (Å²) in [5, 5.41) is 3.82. The van der Waals surface area contributed by atoms with Gasteiger partial charge in [-0.3, -0.25) is 0 Å². The summed E-state index contributed by atoms with van der Waals surface area (Å²) in [6.07, 6.45) is 2.26. The molecular weight excluding hydrogens is 544 g/mol. The lowest BCUT2D eigenvalue weighted by molar-refractivity contribution is 0.660. The Labute approximate surface area is 265 Å². The Bertz CT molecular complexity index is 2100. The fourth-order valence-electron chi connectivity index (χ4n) is 6.99. The van der Waals surface area contributed by atoms with Crippen molar-refractivity contribution >= 4 is 11.5 Å². The van der Waals surface area contributed by atoms with Gasteiger partial charge in [0.15, 0.2) is 0 Å². The van der Waals surface area contributed by atoms with E-state index in [1.807, 2.05) is 0 Å². The Hall–Kier alpha value is -5.47. The van der Waals surface area contributed by atoms with Gasteiger partial charge in [-0.25, -0.2) is 4.99 Å². The van der Waals surface area contributed by atoms with E-state index in [-0.39, 0.29) is 11.5 Å². The monoisotopic (exact) mass is 578 g/mol. The molecule has 1 heterocycles. The molecule has 1 N–H and O–H groups in total. The fraction of sp³-hybridized carbons (Fsp3) is 0.0930. The molecule has 2 aliphatic rings. The number of hydrogen-bond acceptors (Lipinski definition) is 2. The van der Waals surface area contributed by atoms with Crippen LogP contribution in [0.25, 0.3) is 39.1 Å². The van der Waals surface area contributed by atoms with Gasteiger partial charge >= 0.3 is 0 Å². The van der Waals surface area contributed by atoms with Crippen molar-refractivity contribution in [3.05, 3.63) is 186 Å². The molecule has 0 spiro atoms. The van der Waals surface area contributed by atoms with Gasteiger partial charge in [0.2, 0.25) is 0 Å². The van der Waals surface area contributed by atoms with E-state index in [4.69, 9.17) is 4.99 Å². The lowest BCUT2D eigenvalue weighted by atomic mass is 9.82. The number of fused-ring (bicyclic) bond motifs is 3. The van der Waals surface area contributed by atoms with Crippen LogP contribution >= 0.6 is 0 Å². The molecule has 0 amide bonds. The van der Waals surface area contributed by atoms with E-state index in [2.05, 4.69) is 177 Å². The third-order valence-corrected chi connectivity index (χ3v) is 9.33. The van der Waals surface area contributed by atoms with Crippen LogP contribution in [0.15, 0.2) is 163 Å². The molecule has 45 heavy (non-hydrogen) atoms. The maximum Gasteiger partial charge on any atom is 0.135 e. The normalized spacial score (nSPS) is 16.2. The van der Waals surface area contributed by atoms with Gasteiger partial charge in [0.25, 0.3) is 0 Å². The molecule has 216 valence electrons. The summed E-state index contributed by atoms with van der Waals surface area (Å²) in [7, 11) is 0. The molecule has 6 aromatic carbocycles. The van der Waals surface area contributed by atoms with Crippen molar-refractivity contribution in [2.24, 2.45) is 4.99 Å². The minimum Gasteiger partial charge on any atom is -0.359 e. The molecule has 1 atom stereocenters. The van der Waals surface area contributed by atoms with E-state index in [1.165, 1.54) is 50.1 Å². The van der Waals surface area contributed by atoms with E-state index >= 15 is 0 Å². The maximum absolute atomic E-state index is 5.36. The molecule has 2 nitrogen and oxygen atoms in total. The highest BCUT2D eigenvalue weighted by Crippen LogP contribution is 2.50. The van der Waals surface area contributed by atoms with Gasteiger partial charge in [0, 0.05) is 16.5 Å². The van der Waals surface area contributed by atoms with Crippen LogP contribution in [0.3, 0.4) is 0 Å². The summed E-state index contributed by atoms with van der Waals surface area (Å²) in [4.78, 5) is 5.36. The zero-order chi connectivity index (χ0) is 30.4. The number of rotatable bonds is 5. The molecule has 2 heteroatoms. The van der Waals surface area contributed by atoms with Crippen molar-refractivity contribution in [3.63, 3.8) is 0 Å². The van der Waals surface area contributed by atoms with E-state index < -0.39 is 0 Å². The third-order valence-electron chi connectivity index (χ3n) is 9.33. The molecule has 1 unspecified atom stereocenters. The summed E-state index contributed by atoms with van der Waals surface area (Å²) in [5.74, 6) is 0.905. The van der Waals surface area contributed by atoms with Gasteiger partial charge in [-0.2, -0.15) is 0 Å². The van der Waals surface area contributed by atoms with Crippen molar-refractivity contribution < 1.29 is 0 Å². The molecule has 0 bridgehead atoms. The summed E-state index contributed by atoms with van der Waals surface area (Å²) in [5.41, 5.74) is 14.4. The Morgan fingerprint density at radius 1 is 0.511 bits per heavy atom. The highest BCUT2D eigenvalue weighted by atomic mass is 15.0. The molecule has 1 aliphatic heterocycles. The van der Waals surface area contributed by atoms with Gasteiger partial charge in [-0.1, -0.05) is 153 Å². The van der Waals surface area contributed by atoms with Crippen LogP contribution in [-0.2, 0) is 5.41 Å². The molecule has 0 saturated carbocycles. The molecule has 1 aliphatic carbocycles. The summed E-state index contributed by atoms with van der Waals surface area (Å²) in [6, 6.07) is 54.3. The number of aliphatic imine (C=N–C) groups is 1. The van der Waals surface area contributed by atoms with Crippen LogP contribution in [-0.4, -0.2) is 5.84 Å². The molecule has 0 aromatic heterocycles. The number of benzene rings is 6. The summed E-state index contributed by atoms with van der Waals surface area (Å²) in [6.45, 7) is 4.65. The molecule has 0 saturated heterocycles.